The lowest BCUT2D eigenvalue weighted by Crippen LogP contribution is -2.19. The van der Waals surface area contributed by atoms with E-state index in [1.165, 1.54) is 32.1 Å². The van der Waals surface area contributed by atoms with E-state index in [0.717, 1.165) is 11.8 Å². The minimum atomic E-state index is 0.369. The molecule has 0 aliphatic heterocycles. The number of rotatable bonds is 7. The van der Waals surface area contributed by atoms with Crippen LogP contribution in [0.1, 0.15) is 59.8 Å². The van der Waals surface area contributed by atoms with Gasteiger partial charge in [-0.2, -0.15) is 0 Å². The summed E-state index contributed by atoms with van der Waals surface area (Å²) < 4.78 is 0. The predicted octanol–water partition coefficient (Wildman–Crippen LogP) is 3.58. The van der Waals surface area contributed by atoms with Crippen LogP contribution in [0.4, 0.5) is 0 Å². The lowest BCUT2D eigenvalue weighted by molar-refractivity contribution is 0.356. The SMILES string of the molecule is CCCCC(C)C[C@H](C)C[C@@H](C)N. The van der Waals surface area contributed by atoms with Gasteiger partial charge in [-0.3, -0.25) is 0 Å². The van der Waals surface area contributed by atoms with Gasteiger partial charge in [-0.15, -0.1) is 0 Å². The molecule has 3 atom stereocenters. The van der Waals surface area contributed by atoms with E-state index in [-0.39, 0.29) is 0 Å². The largest absolute Gasteiger partial charge is 0.328 e. The van der Waals surface area contributed by atoms with Crippen LogP contribution in [0.3, 0.4) is 0 Å². The molecule has 0 aromatic heterocycles. The first-order valence-electron chi connectivity index (χ1n) is 5.81. The number of hydrogen-bond donors (Lipinski definition) is 1. The fourth-order valence-electron chi connectivity index (χ4n) is 2.09. The van der Waals surface area contributed by atoms with Gasteiger partial charge in [-0.1, -0.05) is 40.0 Å². The van der Waals surface area contributed by atoms with Crippen LogP contribution in [0.25, 0.3) is 0 Å². The fraction of sp³-hybridized carbons (Fsp3) is 1.00. The second-order valence-electron chi connectivity index (χ2n) is 4.80. The van der Waals surface area contributed by atoms with Crippen molar-refractivity contribution < 1.29 is 0 Å². The molecule has 0 saturated carbocycles. The van der Waals surface area contributed by atoms with Crippen molar-refractivity contribution in [3.63, 3.8) is 0 Å². The molecule has 80 valence electrons. The van der Waals surface area contributed by atoms with Gasteiger partial charge in [0.1, 0.15) is 0 Å². The summed E-state index contributed by atoms with van der Waals surface area (Å²) in [4.78, 5) is 0. The summed E-state index contributed by atoms with van der Waals surface area (Å²) in [7, 11) is 0. The molecule has 13 heavy (non-hydrogen) atoms. The summed E-state index contributed by atoms with van der Waals surface area (Å²) in [5.74, 6) is 1.68. The van der Waals surface area contributed by atoms with Crippen LogP contribution in [-0.2, 0) is 0 Å². The van der Waals surface area contributed by atoms with E-state index in [1.807, 2.05) is 0 Å². The Labute approximate surface area is 84.1 Å². The molecule has 0 saturated heterocycles. The lowest BCUT2D eigenvalue weighted by Gasteiger charge is -2.18. The summed E-state index contributed by atoms with van der Waals surface area (Å²) >= 11 is 0. The molecule has 0 bridgehead atoms. The molecule has 0 aliphatic rings. The van der Waals surface area contributed by atoms with Crippen LogP contribution in [-0.4, -0.2) is 6.04 Å². The van der Waals surface area contributed by atoms with Gasteiger partial charge < -0.3 is 5.73 Å². The van der Waals surface area contributed by atoms with E-state index in [0.29, 0.717) is 6.04 Å². The molecule has 0 aliphatic carbocycles. The highest BCUT2D eigenvalue weighted by molar-refractivity contribution is 4.64. The highest BCUT2D eigenvalue weighted by atomic mass is 14.6. The van der Waals surface area contributed by atoms with Crippen LogP contribution in [0.2, 0.25) is 0 Å². The Bertz CT molecular complexity index is 110. The van der Waals surface area contributed by atoms with Gasteiger partial charge in [-0.25, -0.2) is 0 Å². The Balaban J connectivity index is 3.46. The smallest absolute Gasteiger partial charge is 0.00130 e. The van der Waals surface area contributed by atoms with Crippen LogP contribution in [0.15, 0.2) is 0 Å². The standard InChI is InChI=1S/C12H27N/c1-5-6-7-10(2)8-11(3)9-12(4)13/h10-12H,5-9,13H2,1-4H3/t10?,11-,12+/m0/s1. The molecule has 0 rings (SSSR count). The van der Waals surface area contributed by atoms with E-state index in [1.54, 1.807) is 0 Å². The van der Waals surface area contributed by atoms with Gasteiger partial charge in [0, 0.05) is 6.04 Å². The molecule has 0 amide bonds. The summed E-state index contributed by atoms with van der Waals surface area (Å²) in [5, 5.41) is 0. The van der Waals surface area contributed by atoms with Crippen molar-refractivity contribution >= 4 is 0 Å². The first-order chi connectivity index (χ1) is 6.06. The Hall–Kier alpha value is -0.0400. The van der Waals surface area contributed by atoms with Crippen molar-refractivity contribution in [3.8, 4) is 0 Å². The molecule has 1 nitrogen and oxygen atoms in total. The third-order valence-corrected chi connectivity index (χ3v) is 2.63. The quantitative estimate of drug-likeness (QED) is 0.644. The van der Waals surface area contributed by atoms with E-state index in [9.17, 15) is 0 Å². The molecule has 0 radical (unpaired) electrons. The zero-order chi connectivity index (χ0) is 10.3. The second kappa shape index (κ2) is 7.37. The van der Waals surface area contributed by atoms with Gasteiger partial charge in [0.05, 0.1) is 0 Å². The molecular weight excluding hydrogens is 158 g/mol. The Morgan fingerprint density at radius 3 is 2.08 bits per heavy atom. The molecule has 0 spiro atoms. The third kappa shape index (κ3) is 8.29. The van der Waals surface area contributed by atoms with Crippen LogP contribution < -0.4 is 5.73 Å². The molecule has 1 heteroatoms. The molecule has 0 fully saturated rings. The number of unbranched alkanes of at least 4 members (excludes halogenated alkanes) is 1. The van der Waals surface area contributed by atoms with Gasteiger partial charge in [0.25, 0.3) is 0 Å². The van der Waals surface area contributed by atoms with Crippen LogP contribution in [0.5, 0.6) is 0 Å². The van der Waals surface area contributed by atoms with Crippen LogP contribution in [0, 0.1) is 11.8 Å². The molecule has 0 aromatic rings. The highest BCUT2D eigenvalue weighted by Crippen LogP contribution is 2.20. The fourth-order valence-corrected chi connectivity index (χ4v) is 2.09. The summed E-state index contributed by atoms with van der Waals surface area (Å²) in [5.41, 5.74) is 5.77. The topological polar surface area (TPSA) is 26.0 Å². The van der Waals surface area contributed by atoms with Crippen molar-refractivity contribution in [2.75, 3.05) is 0 Å². The third-order valence-electron chi connectivity index (χ3n) is 2.63. The zero-order valence-corrected chi connectivity index (χ0v) is 9.84. The number of hydrogen-bond acceptors (Lipinski definition) is 1. The van der Waals surface area contributed by atoms with Gasteiger partial charge >= 0.3 is 0 Å². The minimum absolute atomic E-state index is 0.369. The van der Waals surface area contributed by atoms with Crippen molar-refractivity contribution in [2.24, 2.45) is 17.6 Å². The summed E-state index contributed by atoms with van der Waals surface area (Å²) in [6, 6.07) is 0.369. The minimum Gasteiger partial charge on any atom is -0.328 e. The monoisotopic (exact) mass is 185 g/mol. The van der Waals surface area contributed by atoms with E-state index in [4.69, 9.17) is 5.73 Å². The molecular formula is C12H27N. The number of nitrogens with two attached hydrogens (primary N) is 1. The Morgan fingerprint density at radius 1 is 1.00 bits per heavy atom. The van der Waals surface area contributed by atoms with Crippen molar-refractivity contribution in [1.82, 2.24) is 0 Å². The van der Waals surface area contributed by atoms with Crippen molar-refractivity contribution in [1.29, 1.82) is 0 Å². The molecule has 0 aromatic carbocycles. The highest BCUT2D eigenvalue weighted by Gasteiger charge is 2.09. The Morgan fingerprint density at radius 2 is 1.62 bits per heavy atom. The van der Waals surface area contributed by atoms with E-state index < -0.39 is 0 Å². The normalized spacial score (nSPS) is 18.2. The van der Waals surface area contributed by atoms with Gasteiger partial charge in [-0.05, 0) is 31.6 Å². The average molecular weight is 185 g/mol. The predicted molar refractivity (Wildman–Crippen MR) is 60.7 cm³/mol. The first-order valence-corrected chi connectivity index (χ1v) is 5.81. The Kier molecular flexibility index (Phi) is 7.35. The summed E-state index contributed by atoms with van der Waals surface area (Å²) in [6.07, 6.45) is 6.62. The maximum absolute atomic E-state index is 5.77. The van der Waals surface area contributed by atoms with Crippen molar-refractivity contribution in [3.05, 3.63) is 0 Å². The lowest BCUT2D eigenvalue weighted by atomic mass is 9.90. The van der Waals surface area contributed by atoms with Gasteiger partial charge in [0.15, 0.2) is 0 Å². The zero-order valence-electron chi connectivity index (χ0n) is 9.84. The maximum atomic E-state index is 5.77. The molecule has 2 N–H and O–H groups in total. The van der Waals surface area contributed by atoms with Crippen LogP contribution >= 0.6 is 0 Å². The van der Waals surface area contributed by atoms with E-state index in [2.05, 4.69) is 27.7 Å². The van der Waals surface area contributed by atoms with Crippen molar-refractivity contribution in [2.45, 2.75) is 65.8 Å². The summed E-state index contributed by atoms with van der Waals surface area (Å²) in [6.45, 7) is 9.06. The maximum Gasteiger partial charge on any atom is 0.00130 e. The molecule has 1 unspecified atom stereocenters. The first kappa shape index (κ1) is 13.0. The average Bonchev–Trinajstić information content (AvgIpc) is 1.98. The van der Waals surface area contributed by atoms with Gasteiger partial charge in [0.2, 0.25) is 0 Å². The second-order valence-corrected chi connectivity index (χ2v) is 4.80. The van der Waals surface area contributed by atoms with E-state index >= 15 is 0 Å². The molecule has 0 heterocycles.